The number of aromatic amines is 1. The first-order chi connectivity index (χ1) is 20.5. The molecule has 2 N–H and O–H groups in total. The Labute approximate surface area is 245 Å². The fourth-order valence-electron chi connectivity index (χ4n) is 4.55. The maximum absolute atomic E-state index is 15.2. The fourth-order valence-corrected chi connectivity index (χ4v) is 4.55. The molecule has 5 aromatic rings. The van der Waals surface area contributed by atoms with E-state index in [0.29, 0.717) is 28.0 Å². The number of pyridine rings is 3. The summed E-state index contributed by atoms with van der Waals surface area (Å²) in [6.45, 7) is 5.74. The summed E-state index contributed by atoms with van der Waals surface area (Å²) in [5, 5.41) is 2.57. The SMILES string of the molecule is COc1cc2nccc(Oc3ccc(NC(=O)c4c[nH]c(C(C)(C)C)c(-c5ccc(F)cc5)c4=O)cc3F)c2nc1OC. The van der Waals surface area contributed by atoms with Gasteiger partial charge in [-0.2, -0.15) is 0 Å². The smallest absolute Gasteiger partial charge is 0.261 e. The van der Waals surface area contributed by atoms with Crippen LogP contribution in [0.25, 0.3) is 22.2 Å². The van der Waals surface area contributed by atoms with E-state index in [-0.39, 0.29) is 34.2 Å². The molecule has 2 aromatic carbocycles. The average molecular weight is 587 g/mol. The van der Waals surface area contributed by atoms with E-state index in [0.717, 1.165) is 6.07 Å². The van der Waals surface area contributed by atoms with E-state index in [1.54, 1.807) is 6.07 Å². The molecule has 3 heterocycles. The van der Waals surface area contributed by atoms with E-state index in [9.17, 15) is 14.0 Å². The van der Waals surface area contributed by atoms with Gasteiger partial charge in [0.15, 0.2) is 23.1 Å². The van der Waals surface area contributed by atoms with Crippen LogP contribution in [0.4, 0.5) is 14.5 Å². The molecule has 0 aliphatic rings. The van der Waals surface area contributed by atoms with Crippen LogP contribution in [0.15, 0.2) is 71.8 Å². The number of ether oxygens (including phenoxy) is 3. The zero-order chi connectivity index (χ0) is 30.9. The lowest BCUT2D eigenvalue weighted by atomic mass is 9.85. The van der Waals surface area contributed by atoms with Crippen LogP contribution in [-0.4, -0.2) is 35.1 Å². The number of halogens is 2. The standard InChI is InChI=1S/C32H28F2N4O5/c1-32(2,3)29-26(17-6-8-18(33)9-7-17)28(39)20(16-36-29)30(40)37-19-10-11-23(21(34)14-19)43-24-12-13-35-22-15-25(41-4)31(42-5)38-27(22)24/h6-16H,1-5H3,(H,36,39)(H,37,40). The van der Waals surface area contributed by atoms with Gasteiger partial charge in [-0.15, -0.1) is 0 Å². The number of nitrogens with one attached hydrogen (secondary N) is 2. The predicted octanol–water partition coefficient (Wildman–Crippen LogP) is 6.62. The molecular weight excluding hydrogens is 558 g/mol. The third-order valence-corrected chi connectivity index (χ3v) is 6.64. The van der Waals surface area contributed by atoms with Gasteiger partial charge in [-0.25, -0.2) is 13.8 Å². The summed E-state index contributed by atoms with van der Waals surface area (Å²) in [7, 11) is 2.92. The Morgan fingerprint density at radius 1 is 0.930 bits per heavy atom. The molecule has 0 fully saturated rings. The van der Waals surface area contributed by atoms with Gasteiger partial charge in [0.1, 0.15) is 16.9 Å². The molecule has 0 spiro atoms. The lowest BCUT2D eigenvalue weighted by molar-refractivity contribution is 0.102. The molecule has 0 aliphatic heterocycles. The number of anilines is 1. The van der Waals surface area contributed by atoms with E-state index in [4.69, 9.17) is 14.2 Å². The van der Waals surface area contributed by atoms with Crippen molar-refractivity contribution in [3.8, 4) is 34.3 Å². The highest BCUT2D eigenvalue weighted by Crippen LogP contribution is 2.35. The number of fused-ring (bicyclic) bond motifs is 1. The van der Waals surface area contributed by atoms with Crippen molar-refractivity contribution in [2.75, 3.05) is 19.5 Å². The Morgan fingerprint density at radius 3 is 2.33 bits per heavy atom. The number of nitrogens with zero attached hydrogens (tertiary/aromatic N) is 2. The maximum atomic E-state index is 15.2. The van der Waals surface area contributed by atoms with E-state index >= 15 is 4.39 Å². The molecule has 220 valence electrons. The number of H-pyrrole nitrogens is 1. The molecule has 0 bridgehead atoms. The predicted molar refractivity (Wildman–Crippen MR) is 158 cm³/mol. The lowest BCUT2D eigenvalue weighted by Crippen LogP contribution is -2.27. The van der Waals surface area contributed by atoms with Gasteiger partial charge in [-0.05, 0) is 29.8 Å². The zero-order valence-electron chi connectivity index (χ0n) is 24.0. The van der Waals surface area contributed by atoms with Gasteiger partial charge in [0.25, 0.3) is 11.8 Å². The molecule has 0 radical (unpaired) electrons. The fraction of sp³-hybridized carbons (Fsp3) is 0.188. The Kier molecular flexibility index (Phi) is 7.81. The molecule has 0 saturated heterocycles. The summed E-state index contributed by atoms with van der Waals surface area (Å²) < 4.78 is 45.1. The van der Waals surface area contributed by atoms with Gasteiger partial charge in [-0.1, -0.05) is 32.9 Å². The molecule has 0 unspecified atom stereocenters. The number of carbonyl (C=O) groups excluding carboxylic acids is 1. The molecule has 9 nitrogen and oxygen atoms in total. The minimum atomic E-state index is -0.771. The second-order valence-corrected chi connectivity index (χ2v) is 10.6. The van der Waals surface area contributed by atoms with Crippen molar-refractivity contribution < 1.29 is 27.8 Å². The lowest BCUT2D eigenvalue weighted by Gasteiger charge is -2.23. The van der Waals surface area contributed by atoms with E-state index in [1.165, 1.54) is 69.1 Å². The number of aromatic nitrogens is 3. The number of hydrogen-bond acceptors (Lipinski definition) is 7. The van der Waals surface area contributed by atoms with Crippen molar-refractivity contribution in [1.29, 1.82) is 0 Å². The first kappa shape index (κ1) is 29.2. The quantitative estimate of drug-likeness (QED) is 0.220. The van der Waals surface area contributed by atoms with Crippen LogP contribution in [0, 0.1) is 11.6 Å². The first-order valence-electron chi connectivity index (χ1n) is 13.2. The minimum Gasteiger partial charge on any atom is -0.491 e. The highest BCUT2D eigenvalue weighted by Gasteiger charge is 2.25. The van der Waals surface area contributed by atoms with Gasteiger partial charge < -0.3 is 24.5 Å². The Morgan fingerprint density at radius 2 is 1.67 bits per heavy atom. The van der Waals surface area contributed by atoms with Crippen LogP contribution in [0.3, 0.4) is 0 Å². The van der Waals surface area contributed by atoms with Gasteiger partial charge in [-0.3, -0.25) is 14.6 Å². The van der Waals surface area contributed by atoms with Crippen molar-refractivity contribution in [2.45, 2.75) is 26.2 Å². The number of amides is 1. The van der Waals surface area contributed by atoms with Crippen molar-refractivity contribution in [3.05, 3.63) is 100 Å². The second kappa shape index (κ2) is 11.5. The van der Waals surface area contributed by atoms with E-state index in [1.807, 2.05) is 20.8 Å². The second-order valence-electron chi connectivity index (χ2n) is 10.6. The zero-order valence-corrected chi connectivity index (χ0v) is 24.0. The maximum Gasteiger partial charge on any atom is 0.261 e. The molecular formula is C32H28F2N4O5. The first-order valence-corrected chi connectivity index (χ1v) is 13.2. The Balaban J connectivity index is 1.43. The third-order valence-electron chi connectivity index (χ3n) is 6.64. The summed E-state index contributed by atoms with van der Waals surface area (Å²) in [6.07, 6.45) is 2.81. The van der Waals surface area contributed by atoms with Crippen molar-refractivity contribution in [3.63, 3.8) is 0 Å². The topological polar surface area (TPSA) is 115 Å². The van der Waals surface area contributed by atoms with E-state index in [2.05, 4.69) is 20.3 Å². The number of rotatable bonds is 7. The number of hydrogen-bond donors (Lipinski definition) is 2. The number of carbonyl (C=O) groups is 1. The van der Waals surface area contributed by atoms with Gasteiger partial charge >= 0.3 is 0 Å². The number of benzene rings is 2. The van der Waals surface area contributed by atoms with Crippen molar-refractivity contribution in [1.82, 2.24) is 15.0 Å². The highest BCUT2D eigenvalue weighted by atomic mass is 19.1. The van der Waals surface area contributed by atoms with Crippen molar-refractivity contribution in [2.24, 2.45) is 0 Å². The molecule has 5 rings (SSSR count). The normalized spacial score (nSPS) is 11.3. The molecule has 3 aromatic heterocycles. The summed E-state index contributed by atoms with van der Waals surface area (Å²) in [5.41, 5.74) is 0.956. The largest absolute Gasteiger partial charge is 0.491 e. The van der Waals surface area contributed by atoms with Crippen LogP contribution in [-0.2, 0) is 5.41 Å². The summed E-state index contributed by atoms with van der Waals surface area (Å²) in [6, 6.07) is 12.5. The average Bonchev–Trinajstić information content (AvgIpc) is 2.97. The monoisotopic (exact) mass is 586 g/mol. The van der Waals surface area contributed by atoms with Crippen LogP contribution in [0.1, 0.15) is 36.8 Å². The van der Waals surface area contributed by atoms with Crippen LogP contribution in [0.5, 0.6) is 23.1 Å². The van der Waals surface area contributed by atoms with Crippen molar-refractivity contribution >= 4 is 22.6 Å². The van der Waals surface area contributed by atoms with Gasteiger partial charge in [0, 0.05) is 53.0 Å². The Bertz CT molecular complexity index is 1900. The molecule has 1 amide bonds. The molecule has 43 heavy (non-hydrogen) atoms. The van der Waals surface area contributed by atoms with Crippen LogP contribution >= 0.6 is 0 Å². The molecule has 0 atom stereocenters. The molecule has 0 aliphatic carbocycles. The van der Waals surface area contributed by atoms with Crippen LogP contribution in [0.2, 0.25) is 0 Å². The summed E-state index contributed by atoms with van der Waals surface area (Å²) in [4.78, 5) is 38.5. The molecule has 11 heteroatoms. The van der Waals surface area contributed by atoms with Gasteiger partial charge in [0.05, 0.1) is 19.7 Å². The van der Waals surface area contributed by atoms with Gasteiger partial charge in [0.2, 0.25) is 5.43 Å². The third kappa shape index (κ3) is 5.87. The Hall–Kier alpha value is -5.32. The van der Waals surface area contributed by atoms with E-state index < -0.39 is 28.4 Å². The number of methoxy groups -OCH3 is 2. The minimum absolute atomic E-state index is 0.0987. The molecule has 0 saturated carbocycles. The summed E-state index contributed by atoms with van der Waals surface area (Å²) >= 11 is 0. The summed E-state index contributed by atoms with van der Waals surface area (Å²) in [5.74, 6) is -1.29. The highest BCUT2D eigenvalue weighted by molar-refractivity contribution is 6.04. The van der Waals surface area contributed by atoms with Crippen LogP contribution < -0.4 is 25.0 Å².